The van der Waals surface area contributed by atoms with E-state index in [2.05, 4.69) is 4.74 Å². The second-order valence-corrected chi connectivity index (χ2v) is 5.12. The zero-order valence-corrected chi connectivity index (χ0v) is 11.5. The molecule has 1 aromatic rings. The number of nitro benzene ring substituents is 1. The Balaban J connectivity index is 2.24. The molecule has 0 amide bonds. The standard InChI is InChI=1S/C14H17NO5/c1-10-4-5-12(11(8-10)15(17)18)20-14(6-3-7-14)9-13(16)19-2/h4-5,8H,3,6-7,9H2,1-2H3. The predicted octanol–water partition coefficient (Wildman–Crippen LogP) is 2.77. The van der Waals surface area contributed by atoms with Crippen molar-refractivity contribution in [2.24, 2.45) is 0 Å². The zero-order chi connectivity index (χ0) is 14.8. The Morgan fingerprint density at radius 3 is 2.65 bits per heavy atom. The number of hydrogen-bond acceptors (Lipinski definition) is 5. The predicted molar refractivity (Wildman–Crippen MR) is 71.7 cm³/mol. The molecular weight excluding hydrogens is 262 g/mol. The maximum atomic E-state index is 11.4. The molecule has 1 aliphatic carbocycles. The first kappa shape index (κ1) is 14.3. The molecule has 1 aliphatic rings. The van der Waals surface area contributed by atoms with Crippen LogP contribution in [0.3, 0.4) is 0 Å². The van der Waals surface area contributed by atoms with Gasteiger partial charge in [-0.1, -0.05) is 6.07 Å². The highest BCUT2D eigenvalue weighted by Crippen LogP contribution is 2.42. The van der Waals surface area contributed by atoms with Crippen molar-refractivity contribution in [3.05, 3.63) is 33.9 Å². The number of nitrogens with zero attached hydrogens (tertiary/aromatic N) is 1. The van der Waals surface area contributed by atoms with Gasteiger partial charge < -0.3 is 9.47 Å². The average Bonchev–Trinajstić information content (AvgIpc) is 2.37. The summed E-state index contributed by atoms with van der Waals surface area (Å²) in [4.78, 5) is 22.1. The van der Waals surface area contributed by atoms with Crippen LogP contribution in [0.5, 0.6) is 5.75 Å². The Morgan fingerprint density at radius 2 is 2.15 bits per heavy atom. The monoisotopic (exact) mass is 279 g/mol. The van der Waals surface area contributed by atoms with Gasteiger partial charge >= 0.3 is 11.7 Å². The van der Waals surface area contributed by atoms with E-state index >= 15 is 0 Å². The zero-order valence-electron chi connectivity index (χ0n) is 11.5. The van der Waals surface area contributed by atoms with Crippen LogP contribution in [0.25, 0.3) is 0 Å². The van der Waals surface area contributed by atoms with E-state index in [-0.39, 0.29) is 23.8 Å². The lowest BCUT2D eigenvalue weighted by atomic mass is 9.77. The summed E-state index contributed by atoms with van der Waals surface area (Å²) in [5.74, 6) is -0.149. The normalized spacial score (nSPS) is 16.1. The molecule has 0 saturated heterocycles. The molecule has 1 aromatic carbocycles. The van der Waals surface area contributed by atoms with Crippen molar-refractivity contribution in [3.8, 4) is 5.75 Å². The molecule has 0 aliphatic heterocycles. The number of rotatable bonds is 5. The number of nitro groups is 1. The largest absolute Gasteiger partial charge is 0.480 e. The molecule has 0 aromatic heterocycles. The maximum Gasteiger partial charge on any atom is 0.311 e. The Morgan fingerprint density at radius 1 is 1.45 bits per heavy atom. The molecule has 0 spiro atoms. The Hall–Kier alpha value is -2.11. The van der Waals surface area contributed by atoms with Crippen molar-refractivity contribution >= 4 is 11.7 Å². The summed E-state index contributed by atoms with van der Waals surface area (Å²) in [6.45, 7) is 1.78. The van der Waals surface area contributed by atoms with E-state index in [0.717, 1.165) is 12.0 Å². The van der Waals surface area contributed by atoms with Crippen LogP contribution < -0.4 is 4.74 Å². The van der Waals surface area contributed by atoms with E-state index < -0.39 is 10.5 Å². The second kappa shape index (κ2) is 5.48. The number of benzene rings is 1. The van der Waals surface area contributed by atoms with Crippen molar-refractivity contribution < 1.29 is 19.2 Å². The Bertz CT molecular complexity index is 536. The first-order valence-electron chi connectivity index (χ1n) is 6.47. The van der Waals surface area contributed by atoms with Gasteiger partial charge in [0.2, 0.25) is 0 Å². The smallest absolute Gasteiger partial charge is 0.311 e. The fourth-order valence-corrected chi connectivity index (χ4v) is 2.31. The molecule has 6 heteroatoms. The van der Waals surface area contributed by atoms with Crippen molar-refractivity contribution in [2.45, 2.75) is 38.2 Å². The van der Waals surface area contributed by atoms with Gasteiger partial charge in [-0.25, -0.2) is 0 Å². The van der Waals surface area contributed by atoms with E-state index in [1.54, 1.807) is 19.1 Å². The van der Waals surface area contributed by atoms with Gasteiger partial charge in [0.05, 0.1) is 18.5 Å². The summed E-state index contributed by atoms with van der Waals surface area (Å²) < 4.78 is 10.5. The van der Waals surface area contributed by atoms with Gasteiger partial charge in [-0.2, -0.15) is 0 Å². The lowest BCUT2D eigenvalue weighted by molar-refractivity contribution is -0.386. The first-order chi connectivity index (χ1) is 9.46. The molecule has 0 radical (unpaired) electrons. The van der Waals surface area contributed by atoms with Gasteiger partial charge in [-0.3, -0.25) is 14.9 Å². The summed E-state index contributed by atoms with van der Waals surface area (Å²) in [5.41, 5.74) is 0.0634. The van der Waals surface area contributed by atoms with Crippen LogP contribution in [0, 0.1) is 17.0 Å². The average molecular weight is 279 g/mol. The number of carbonyl (C=O) groups is 1. The van der Waals surface area contributed by atoms with Gasteiger partial charge in [0, 0.05) is 6.07 Å². The van der Waals surface area contributed by atoms with Crippen molar-refractivity contribution in [1.29, 1.82) is 0 Å². The van der Waals surface area contributed by atoms with Gasteiger partial charge in [0.25, 0.3) is 0 Å². The minimum atomic E-state index is -0.660. The van der Waals surface area contributed by atoms with Gasteiger partial charge in [-0.15, -0.1) is 0 Å². The number of esters is 1. The minimum absolute atomic E-state index is 0.0684. The van der Waals surface area contributed by atoms with Crippen LogP contribution in [0.2, 0.25) is 0 Å². The van der Waals surface area contributed by atoms with Crippen LogP contribution in [-0.4, -0.2) is 23.6 Å². The summed E-state index contributed by atoms with van der Waals surface area (Å²) in [5, 5.41) is 11.1. The summed E-state index contributed by atoms with van der Waals surface area (Å²) >= 11 is 0. The number of hydrogen-bond donors (Lipinski definition) is 0. The fraction of sp³-hybridized carbons (Fsp3) is 0.500. The van der Waals surface area contributed by atoms with E-state index in [9.17, 15) is 14.9 Å². The summed E-state index contributed by atoms with van der Waals surface area (Å²) in [6, 6.07) is 4.82. The number of methoxy groups -OCH3 is 1. The van der Waals surface area contributed by atoms with Gasteiger partial charge in [0.1, 0.15) is 5.60 Å². The van der Waals surface area contributed by atoms with Crippen LogP contribution in [0.1, 0.15) is 31.2 Å². The highest BCUT2D eigenvalue weighted by Gasteiger charge is 2.43. The lowest BCUT2D eigenvalue weighted by Crippen LogP contribution is -2.45. The van der Waals surface area contributed by atoms with Crippen LogP contribution >= 0.6 is 0 Å². The third kappa shape index (κ3) is 2.89. The van der Waals surface area contributed by atoms with Crippen molar-refractivity contribution in [3.63, 3.8) is 0 Å². The van der Waals surface area contributed by atoms with Crippen LogP contribution in [-0.2, 0) is 9.53 Å². The SMILES string of the molecule is COC(=O)CC1(Oc2ccc(C)cc2[N+](=O)[O-])CCC1. The molecule has 20 heavy (non-hydrogen) atoms. The number of carbonyl (C=O) groups excluding carboxylic acids is 1. The molecule has 0 N–H and O–H groups in total. The van der Waals surface area contributed by atoms with E-state index in [1.165, 1.54) is 13.2 Å². The maximum absolute atomic E-state index is 11.4. The molecule has 1 saturated carbocycles. The summed E-state index contributed by atoms with van der Waals surface area (Å²) in [7, 11) is 1.32. The van der Waals surface area contributed by atoms with Crippen molar-refractivity contribution in [2.75, 3.05) is 7.11 Å². The van der Waals surface area contributed by atoms with E-state index in [4.69, 9.17) is 4.74 Å². The summed E-state index contributed by atoms with van der Waals surface area (Å²) in [6.07, 6.45) is 2.46. The molecular formula is C14H17NO5. The molecule has 108 valence electrons. The highest BCUT2D eigenvalue weighted by molar-refractivity contribution is 5.71. The third-order valence-electron chi connectivity index (χ3n) is 3.60. The Labute approximate surface area is 116 Å². The van der Waals surface area contributed by atoms with Gasteiger partial charge in [0.15, 0.2) is 5.75 Å². The number of aryl methyl sites for hydroxylation is 1. The van der Waals surface area contributed by atoms with Crippen molar-refractivity contribution in [1.82, 2.24) is 0 Å². The molecule has 1 fully saturated rings. The highest BCUT2D eigenvalue weighted by atomic mass is 16.6. The molecule has 0 unspecified atom stereocenters. The quantitative estimate of drug-likeness (QED) is 0.470. The fourth-order valence-electron chi connectivity index (χ4n) is 2.31. The second-order valence-electron chi connectivity index (χ2n) is 5.12. The molecule has 0 heterocycles. The topological polar surface area (TPSA) is 78.7 Å². The third-order valence-corrected chi connectivity index (χ3v) is 3.60. The van der Waals surface area contributed by atoms with E-state index in [0.29, 0.717) is 12.8 Å². The Kier molecular flexibility index (Phi) is 3.92. The first-order valence-corrected chi connectivity index (χ1v) is 6.47. The molecule has 0 bridgehead atoms. The number of ether oxygens (including phenoxy) is 2. The van der Waals surface area contributed by atoms with Gasteiger partial charge in [-0.05, 0) is 37.8 Å². The molecule has 0 atom stereocenters. The molecule has 2 rings (SSSR count). The minimum Gasteiger partial charge on any atom is -0.480 e. The lowest BCUT2D eigenvalue weighted by Gasteiger charge is -2.40. The van der Waals surface area contributed by atoms with E-state index in [1.807, 2.05) is 0 Å². The van der Waals surface area contributed by atoms with Crippen LogP contribution in [0.15, 0.2) is 18.2 Å². The van der Waals surface area contributed by atoms with Crippen LogP contribution in [0.4, 0.5) is 5.69 Å². The molecule has 6 nitrogen and oxygen atoms in total.